The van der Waals surface area contributed by atoms with E-state index in [-0.39, 0.29) is 11.6 Å². The van der Waals surface area contributed by atoms with Gasteiger partial charge in [0.2, 0.25) is 0 Å². The molecule has 6 heteroatoms. The zero-order chi connectivity index (χ0) is 20.8. The third kappa shape index (κ3) is 4.79. The Labute approximate surface area is 170 Å². The average molecular weight is 389 g/mol. The van der Waals surface area contributed by atoms with Gasteiger partial charge in [0.15, 0.2) is 0 Å². The smallest absolute Gasteiger partial charge is 0.274 e. The SMILES string of the molecule is CCN(C(=O)c1ccnc(C(=O)Nc2cccc(OC)c2)c1)c1cccc(C)c1. The van der Waals surface area contributed by atoms with Gasteiger partial charge >= 0.3 is 0 Å². The maximum absolute atomic E-state index is 13.1. The zero-order valence-electron chi connectivity index (χ0n) is 16.7. The van der Waals surface area contributed by atoms with E-state index < -0.39 is 5.91 Å². The number of carbonyl (C=O) groups excluding carboxylic acids is 2. The summed E-state index contributed by atoms with van der Waals surface area (Å²) in [7, 11) is 1.56. The minimum absolute atomic E-state index is 0.166. The van der Waals surface area contributed by atoms with Crippen LogP contribution in [0.15, 0.2) is 66.9 Å². The lowest BCUT2D eigenvalue weighted by molar-refractivity contribution is 0.0988. The predicted octanol–water partition coefficient (Wildman–Crippen LogP) is 4.32. The van der Waals surface area contributed by atoms with Gasteiger partial charge in [-0.1, -0.05) is 18.2 Å². The molecule has 6 nitrogen and oxygen atoms in total. The normalized spacial score (nSPS) is 10.3. The number of carbonyl (C=O) groups is 2. The van der Waals surface area contributed by atoms with Gasteiger partial charge in [-0.25, -0.2) is 0 Å². The lowest BCUT2D eigenvalue weighted by atomic mass is 10.1. The van der Waals surface area contributed by atoms with Crippen molar-refractivity contribution in [2.45, 2.75) is 13.8 Å². The van der Waals surface area contributed by atoms with Gasteiger partial charge in [0.05, 0.1) is 7.11 Å². The van der Waals surface area contributed by atoms with E-state index in [1.54, 1.807) is 42.3 Å². The van der Waals surface area contributed by atoms with Crippen molar-refractivity contribution in [2.24, 2.45) is 0 Å². The lowest BCUT2D eigenvalue weighted by Crippen LogP contribution is -2.31. The molecule has 0 unspecified atom stereocenters. The van der Waals surface area contributed by atoms with Crippen molar-refractivity contribution in [3.8, 4) is 5.75 Å². The number of aryl methyl sites for hydroxylation is 1. The molecule has 0 fully saturated rings. The molecule has 2 amide bonds. The van der Waals surface area contributed by atoms with E-state index in [9.17, 15) is 9.59 Å². The van der Waals surface area contributed by atoms with E-state index in [0.29, 0.717) is 23.5 Å². The molecule has 0 spiro atoms. The summed E-state index contributed by atoms with van der Waals surface area (Å²) in [6.45, 7) is 4.41. The quantitative estimate of drug-likeness (QED) is 0.682. The van der Waals surface area contributed by atoms with Gasteiger partial charge < -0.3 is 15.0 Å². The molecule has 2 aromatic carbocycles. The number of hydrogen-bond acceptors (Lipinski definition) is 4. The van der Waals surface area contributed by atoms with Crippen molar-refractivity contribution in [2.75, 3.05) is 23.9 Å². The van der Waals surface area contributed by atoms with E-state index in [4.69, 9.17) is 4.74 Å². The number of benzene rings is 2. The van der Waals surface area contributed by atoms with Crippen molar-refractivity contribution < 1.29 is 14.3 Å². The molecular formula is C23H23N3O3. The summed E-state index contributed by atoms with van der Waals surface area (Å²) >= 11 is 0. The molecule has 3 aromatic rings. The molecule has 0 bridgehead atoms. The third-order valence-electron chi connectivity index (χ3n) is 4.44. The molecule has 0 atom stereocenters. The standard InChI is InChI=1S/C23H23N3O3/c1-4-26(19-9-5-7-16(2)13-19)23(28)17-11-12-24-21(14-17)22(27)25-18-8-6-10-20(15-18)29-3/h5-15H,4H2,1-3H3,(H,25,27). The van der Waals surface area contributed by atoms with Gasteiger partial charge in [0.25, 0.3) is 11.8 Å². The van der Waals surface area contributed by atoms with Crippen molar-refractivity contribution in [1.82, 2.24) is 4.98 Å². The summed E-state index contributed by atoms with van der Waals surface area (Å²) in [5, 5.41) is 2.78. The second-order valence-electron chi connectivity index (χ2n) is 6.50. The minimum atomic E-state index is -0.397. The van der Waals surface area contributed by atoms with Crippen LogP contribution >= 0.6 is 0 Å². The first-order valence-corrected chi connectivity index (χ1v) is 9.32. The van der Waals surface area contributed by atoms with Crippen LogP contribution in [0.1, 0.15) is 33.3 Å². The summed E-state index contributed by atoms with van der Waals surface area (Å²) in [5.74, 6) is 0.0545. The van der Waals surface area contributed by atoms with Crippen LogP contribution in [0.3, 0.4) is 0 Å². The maximum Gasteiger partial charge on any atom is 0.274 e. The number of nitrogens with one attached hydrogen (secondary N) is 1. The van der Waals surface area contributed by atoms with Crippen molar-refractivity contribution >= 4 is 23.2 Å². The van der Waals surface area contributed by atoms with E-state index in [0.717, 1.165) is 11.3 Å². The Morgan fingerprint density at radius 1 is 1.07 bits per heavy atom. The van der Waals surface area contributed by atoms with Gasteiger partial charge in [-0.15, -0.1) is 0 Å². The fourth-order valence-corrected chi connectivity index (χ4v) is 2.98. The molecule has 1 heterocycles. The number of nitrogens with zero attached hydrogens (tertiary/aromatic N) is 2. The number of pyridine rings is 1. The lowest BCUT2D eigenvalue weighted by Gasteiger charge is -2.21. The second-order valence-corrected chi connectivity index (χ2v) is 6.50. The molecule has 29 heavy (non-hydrogen) atoms. The minimum Gasteiger partial charge on any atom is -0.497 e. The Morgan fingerprint density at radius 3 is 2.59 bits per heavy atom. The molecule has 148 valence electrons. The highest BCUT2D eigenvalue weighted by Crippen LogP contribution is 2.20. The largest absolute Gasteiger partial charge is 0.497 e. The molecule has 0 aliphatic heterocycles. The zero-order valence-corrected chi connectivity index (χ0v) is 16.7. The van der Waals surface area contributed by atoms with E-state index in [1.807, 2.05) is 38.1 Å². The Balaban J connectivity index is 1.82. The van der Waals surface area contributed by atoms with Crippen LogP contribution in [-0.4, -0.2) is 30.5 Å². The first kappa shape index (κ1) is 20.1. The fourth-order valence-electron chi connectivity index (χ4n) is 2.98. The summed E-state index contributed by atoms with van der Waals surface area (Å²) in [5.41, 5.74) is 3.04. The van der Waals surface area contributed by atoms with Crippen LogP contribution in [0, 0.1) is 6.92 Å². The highest BCUT2D eigenvalue weighted by Gasteiger charge is 2.18. The second kappa shape index (κ2) is 9.01. The van der Waals surface area contributed by atoms with Crippen LogP contribution in [0.2, 0.25) is 0 Å². The van der Waals surface area contributed by atoms with Crippen molar-refractivity contribution in [1.29, 1.82) is 0 Å². The number of methoxy groups -OCH3 is 1. The van der Waals surface area contributed by atoms with E-state index in [1.165, 1.54) is 12.3 Å². The molecule has 1 N–H and O–H groups in total. The maximum atomic E-state index is 13.1. The van der Waals surface area contributed by atoms with Crippen molar-refractivity contribution in [3.63, 3.8) is 0 Å². The molecule has 0 radical (unpaired) electrons. The predicted molar refractivity (Wildman–Crippen MR) is 114 cm³/mol. The Morgan fingerprint density at radius 2 is 1.86 bits per heavy atom. The number of hydrogen-bond donors (Lipinski definition) is 1. The number of rotatable bonds is 6. The number of aromatic nitrogens is 1. The first-order valence-electron chi connectivity index (χ1n) is 9.32. The molecular weight excluding hydrogens is 366 g/mol. The molecule has 0 saturated heterocycles. The van der Waals surface area contributed by atoms with E-state index in [2.05, 4.69) is 10.3 Å². The van der Waals surface area contributed by atoms with Crippen LogP contribution in [0.4, 0.5) is 11.4 Å². The molecule has 0 saturated carbocycles. The van der Waals surface area contributed by atoms with Gasteiger partial charge in [-0.2, -0.15) is 0 Å². The summed E-state index contributed by atoms with van der Waals surface area (Å²) in [6, 6.07) is 17.9. The molecule has 0 aliphatic carbocycles. The van der Waals surface area contributed by atoms with Crippen molar-refractivity contribution in [3.05, 3.63) is 83.7 Å². The highest BCUT2D eigenvalue weighted by molar-refractivity contribution is 6.08. The number of anilines is 2. The topological polar surface area (TPSA) is 71.5 Å². The third-order valence-corrected chi connectivity index (χ3v) is 4.44. The monoisotopic (exact) mass is 389 g/mol. The summed E-state index contributed by atoms with van der Waals surface area (Å²) in [6.07, 6.45) is 1.47. The fraction of sp³-hybridized carbons (Fsp3) is 0.174. The number of ether oxygens (including phenoxy) is 1. The van der Waals surface area contributed by atoms with Gasteiger partial charge in [-0.3, -0.25) is 14.6 Å². The average Bonchev–Trinajstić information content (AvgIpc) is 2.74. The Kier molecular flexibility index (Phi) is 6.24. The molecule has 3 rings (SSSR count). The van der Waals surface area contributed by atoms with Crippen LogP contribution in [-0.2, 0) is 0 Å². The van der Waals surface area contributed by atoms with Gasteiger partial charge in [0, 0.05) is 35.7 Å². The highest BCUT2D eigenvalue weighted by atomic mass is 16.5. The summed E-state index contributed by atoms with van der Waals surface area (Å²) < 4.78 is 5.16. The molecule has 0 aliphatic rings. The first-order chi connectivity index (χ1) is 14.0. The summed E-state index contributed by atoms with van der Waals surface area (Å²) in [4.78, 5) is 31.4. The van der Waals surface area contributed by atoms with Crippen LogP contribution < -0.4 is 15.0 Å². The Bertz CT molecular complexity index is 1030. The van der Waals surface area contributed by atoms with Crippen LogP contribution in [0.5, 0.6) is 5.75 Å². The van der Waals surface area contributed by atoms with Crippen LogP contribution in [0.25, 0.3) is 0 Å². The van der Waals surface area contributed by atoms with E-state index >= 15 is 0 Å². The Hall–Kier alpha value is -3.67. The van der Waals surface area contributed by atoms with Gasteiger partial charge in [-0.05, 0) is 55.8 Å². The molecule has 1 aromatic heterocycles. The van der Waals surface area contributed by atoms with Gasteiger partial charge in [0.1, 0.15) is 11.4 Å². The number of amides is 2.